The second-order valence-electron chi connectivity index (χ2n) is 4.19. The molecule has 18 heavy (non-hydrogen) atoms. The summed E-state index contributed by atoms with van der Waals surface area (Å²) < 4.78 is 5.06. The number of nitrogens with zero attached hydrogens (tertiary/aromatic N) is 3. The third-order valence-corrected chi connectivity index (χ3v) is 2.80. The Labute approximate surface area is 101 Å². The summed E-state index contributed by atoms with van der Waals surface area (Å²) in [6, 6.07) is 3.97. The van der Waals surface area contributed by atoms with Crippen molar-refractivity contribution >= 4 is 5.69 Å². The SMILES string of the molecule is O=[N+]([O-])c1cc(-c2nc(C3CC3)no2)ccc1O. The molecule has 0 aliphatic heterocycles. The van der Waals surface area contributed by atoms with Crippen molar-refractivity contribution < 1.29 is 14.6 Å². The van der Waals surface area contributed by atoms with E-state index in [0.717, 1.165) is 12.8 Å². The third kappa shape index (κ3) is 1.79. The molecule has 92 valence electrons. The average molecular weight is 247 g/mol. The highest BCUT2D eigenvalue weighted by molar-refractivity contribution is 5.62. The van der Waals surface area contributed by atoms with E-state index in [9.17, 15) is 15.2 Å². The first kappa shape index (κ1) is 10.7. The van der Waals surface area contributed by atoms with E-state index in [0.29, 0.717) is 17.3 Å². The van der Waals surface area contributed by atoms with Crippen LogP contribution in [0.25, 0.3) is 11.5 Å². The van der Waals surface area contributed by atoms with Crippen molar-refractivity contribution in [2.75, 3.05) is 0 Å². The fraction of sp³-hybridized carbons (Fsp3) is 0.273. The molecule has 7 nitrogen and oxygen atoms in total. The molecule has 7 heteroatoms. The van der Waals surface area contributed by atoms with Crippen molar-refractivity contribution in [3.8, 4) is 17.2 Å². The van der Waals surface area contributed by atoms with Crippen LogP contribution < -0.4 is 0 Å². The molecular weight excluding hydrogens is 238 g/mol. The number of aromatic hydroxyl groups is 1. The highest BCUT2D eigenvalue weighted by Crippen LogP contribution is 2.39. The quantitative estimate of drug-likeness (QED) is 0.659. The molecule has 0 saturated heterocycles. The summed E-state index contributed by atoms with van der Waals surface area (Å²) >= 11 is 0. The maximum absolute atomic E-state index is 10.7. The number of nitro groups is 1. The molecule has 1 saturated carbocycles. The lowest BCUT2D eigenvalue weighted by molar-refractivity contribution is -0.385. The maximum atomic E-state index is 10.7. The van der Waals surface area contributed by atoms with Crippen molar-refractivity contribution in [3.05, 3.63) is 34.1 Å². The van der Waals surface area contributed by atoms with Gasteiger partial charge < -0.3 is 9.63 Å². The smallest absolute Gasteiger partial charge is 0.311 e. The van der Waals surface area contributed by atoms with Gasteiger partial charge in [-0.15, -0.1) is 0 Å². The topological polar surface area (TPSA) is 102 Å². The molecule has 1 fully saturated rings. The van der Waals surface area contributed by atoms with Gasteiger partial charge in [0.25, 0.3) is 5.89 Å². The van der Waals surface area contributed by atoms with E-state index in [-0.39, 0.29) is 17.3 Å². The van der Waals surface area contributed by atoms with Crippen molar-refractivity contribution in [2.45, 2.75) is 18.8 Å². The van der Waals surface area contributed by atoms with Gasteiger partial charge in [-0.2, -0.15) is 4.98 Å². The minimum Gasteiger partial charge on any atom is -0.502 e. The Morgan fingerprint density at radius 3 is 2.89 bits per heavy atom. The van der Waals surface area contributed by atoms with E-state index < -0.39 is 4.92 Å². The molecule has 1 aliphatic carbocycles. The molecule has 0 amide bonds. The zero-order valence-electron chi connectivity index (χ0n) is 9.24. The molecule has 0 atom stereocenters. The minimum atomic E-state index is -0.656. The van der Waals surface area contributed by atoms with Crippen LogP contribution in [0.1, 0.15) is 24.6 Å². The predicted octanol–water partition coefficient (Wildman–Crippen LogP) is 2.23. The predicted molar refractivity (Wildman–Crippen MR) is 60.0 cm³/mol. The van der Waals surface area contributed by atoms with Crippen molar-refractivity contribution in [3.63, 3.8) is 0 Å². The second-order valence-corrected chi connectivity index (χ2v) is 4.19. The highest BCUT2D eigenvalue weighted by atomic mass is 16.6. The molecule has 1 heterocycles. The Morgan fingerprint density at radius 1 is 1.44 bits per heavy atom. The number of hydrogen-bond donors (Lipinski definition) is 1. The molecule has 0 bridgehead atoms. The molecule has 0 unspecified atom stereocenters. The molecule has 3 rings (SSSR count). The largest absolute Gasteiger partial charge is 0.502 e. The summed E-state index contributed by atoms with van der Waals surface area (Å²) in [5.74, 6) is 0.848. The van der Waals surface area contributed by atoms with Gasteiger partial charge in [-0.1, -0.05) is 5.16 Å². The first-order chi connectivity index (χ1) is 8.65. The van der Waals surface area contributed by atoms with E-state index >= 15 is 0 Å². The van der Waals surface area contributed by atoms with E-state index in [4.69, 9.17) is 4.52 Å². The van der Waals surface area contributed by atoms with Crippen molar-refractivity contribution in [1.29, 1.82) is 0 Å². The fourth-order valence-electron chi connectivity index (χ4n) is 1.66. The van der Waals surface area contributed by atoms with Gasteiger partial charge in [0.1, 0.15) is 0 Å². The standard InChI is InChI=1S/C11H9N3O4/c15-9-4-3-7(5-8(9)14(16)17)11-12-10(13-18-11)6-1-2-6/h3-6,15H,1-2H2. The zero-order valence-corrected chi connectivity index (χ0v) is 9.24. The number of rotatable bonds is 3. The first-order valence-corrected chi connectivity index (χ1v) is 5.46. The Kier molecular flexibility index (Phi) is 2.26. The summed E-state index contributed by atoms with van der Waals surface area (Å²) in [6.45, 7) is 0. The Morgan fingerprint density at radius 2 is 2.22 bits per heavy atom. The van der Waals surface area contributed by atoms with Gasteiger partial charge in [0.05, 0.1) is 4.92 Å². The van der Waals surface area contributed by atoms with Gasteiger partial charge >= 0.3 is 5.69 Å². The molecule has 0 radical (unpaired) electrons. The number of nitro benzene ring substituents is 1. The van der Waals surface area contributed by atoms with Crippen LogP contribution in [0.2, 0.25) is 0 Å². The summed E-state index contributed by atoms with van der Waals surface area (Å²) in [5.41, 5.74) is 0.0533. The molecule has 0 spiro atoms. The normalized spacial score (nSPS) is 14.7. The molecular formula is C11H9N3O4. The van der Waals surface area contributed by atoms with E-state index in [1.54, 1.807) is 0 Å². The van der Waals surface area contributed by atoms with Crippen LogP contribution in [-0.4, -0.2) is 20.2 Å². The summed E-state index contributed by atoms with van der Waals surface area (Å²) in [6.07, 6.45) is 2.10. The van der Waals surface area contributed by atoms with Crippen LogP contribution in [0.15, 0.2) is 22.7 Å². The number of aromatic nitrogens is 2. The van der Waals surface area contributed by atoms with E-state index in [2.05, 4.69) is 10.1 Å². The monoisotopic (exact) mass is 247 g/mol. The van der Waals surface area contributed by atoms with Crippen LogP contribution in [0.4, 0.5) is 5.69 Å². The maximum Gasteiger partial charge on any atom is 0.311 e. The Hall–Kier alpha value is -2.44. The average Bonchev–Trinajstić information content (AvgIpc) is 3.08. The molecule has 1 aromatic carbocycles. The van der Waals surface area contributed by atoms with Crippen LogP contribution in [-0.2, 0) is 0 Å². The highest BCUT2D eigenvalue weighted by Gasteiger charge is 2.29. The summed E-state index contributed by atoms with van der Waals surface area (Å²) in [4.78, 5) is 14.2. The molecule has 1 aliphatic rings. The zero-order chi connectivity index (χ0) is 12.7. The lowest BCUT2D eigenvalue weighted by atomic mass is 10.2. The first-order valence-electron chi connectivity index (χ1n) is 5.46. The van der Waals surface area contributed by atoms with Gasteiger partial charge in [-0.3, -0.25) is 10.1 Å². The van der Waals surface area contributed by atoms with Crippen molar-refractivity contribution in [1.82, 2.24) is 10.1 Å². The van der Waals surface area contributed by atoms with Crippen LogP contribution in [0.5, 0.6) is 5.75 Å². The van der Waals surface area contributed by atoms with Crippen LogP contribution >= 0.6 is 0 Å². The van der Waals surface area contributed by atoms with Crippen LogP contribution in [0, 0.1) is 10.1 Å². The van der Waals surface area contributed by atoms with Gasteiger partial charge in [0, 0.05) is 17.5 Å². The van der Waals surface area contributed by atoms with Crippen LogP contribution in [0.3, 0.4) is 0 Å². The Balaban J connectivity index is 1.99. The van der Waals surface area contributed by atoms with Gasteiger partial charge in [-0.05, 0) is 25.0 Å². The second kappa shape index (κ2) is 3.80. The number of phenolic OH excluding ortho intramolecular Hbond substituents is 1. The van der Waals surface area contributed by atoms with Gasteiger partial charge in [0.2, 0.25) is 0 Å². The van der Waals surface area contributed by atoms with Gasteiger partial charge in [-0.25, -0.2) is 0 Å². The van der Waals surface area contributed by atoms with E-state index in [1.165, 1.54) is 18.2 Å². The fourth-order valence-corrected chi connectivity index (χ4v) is 1.66. The number of benzene rings is 1. The number of phenols is 1. The lowest BCUT2D eigenvalue weighted by Crippen LogP contribution is -1.89. The Bertz CT molecular complexity index is 619. The lowest BCUT2D eigenvalue weighted by Gasteiger charge is -1.97. The van der Waals surface area contributed by atoms with Gasteiger partial charge in [0.15, 0.2) is 11.6 Å². The van der Waals surface area contributed by atoms with E-state index in [1.807, 2.05) is 0 Å². The summed E-state index contributed by atoms with van der Waals surface area (Å²) in [5, 5.41) is 23.9. The minimum absolute atomic E-state index is 0.236. The molecule has 1 aromatic heterocycles. The molecule has 1 N–H and O–H groups in total. The molecule has 2 aromatic rings. The van der Waals surface area contributed by atoms with Crippen molar-refractivity contribution in [2.24, 2.45) is 0 Å². The summed E-state index contributed by atoms with van der Waals surface area (Å²) in [7, 11) is 0. The number of hydrogen-bond acceptors (Lipinski definition) is 6. The third-order valence-electron chi connectivity index (χ3n) is 2.80.